The summed E-state index contributed by atoms with van der Waals surface area (Å²) >= 11 is 3.45. The maximum Gasteiger partial charge on any atom is 0.0661 e. The molecule has 4 heteroatoms. The molecular formula is C14H21BrN2O. The Morgan fingerprint density at radius 2 is 2.11 bits per heavy atom. The number of halogens is 1. The third kappa shape index (κ3) is 2.98. The SMILES string of the molecule is CC1CCC(CO)(Nc2cc(Br)ccc2N)CC1. The first-order valence-electron chi connectivity index (χ1n) is 6.49. The largest absolute Gasteiger partial charge is 0.397 e. The minimum Gasteiger partial charge on any atom is -0.397 e. The molecule has 1 fully saturated rings. The van der Waals surface area contributed by atoms with Crippen molar-refractivity contribution < 1.29 is 5.11 Å². The van der Waals surface area contributed by atoms with Crippen molar-refractivity contribution in [2.75, 3.05) is 17.7 Å². The third-order valence-electron chi connectivity index (χ3n) is 3.95. The summed E-state index contributed by atoms with van der Waals surface area (Å²) in [6, 6.07) is 5.78. The van der Waals surface area contributed by atoms with Crippen molar-refractivity contribution in [1.82, 2.24) is 0 Å². The fraction of sp³-hybridized carbons (Fsp3) is 0.571. The second-order valence-electron chi connectivity index (χ2n) is 5.48. The quantitative estimate of drug-likeness (QED) is 0.750. The summed E-state index contributed by atoms with van der Waals surface area (Å²) in [6.45, 7) is 2.43. The Kier molecular flexibility index (Phi) is 4.17. The number of aliphatic hydroxyl groups excluding tert-OH is 1. The number of rotatable bonds is 3. The lowest BCUT2D eigenvalue weighted by Crippen LogP contribution is -2.45. The number of aliphatic hydroxyl groups is 1. The lowest BCUT2D eigenvalue weighted by atomic mass is 9.77. The molecule has 1 saturated carbocycles. The number of nitrogens with two attached hydrogens (primary N) is 1. The van der Waals surface area contributed by atoms with Gasteiger partial charge in [-0.05, 0) is 49.8 Å². The van der Waals surface area contributed by atoms with E-state index in [-0.39, 0.29) is 12.1 Å². The molecule has 3 nitrogen and oxygen atoms in total. The van der Waals surface area contributed by atoms with Crippen LogP contribution in [0.3, 0.4) is 0 Å². The second kappa shape index (κ2) is 5.49. The Labute approximate surface area is 117 Å². The van der Waals surface area contributed by atoms with Crippen LogP contribution in [0, 0.1) is 5.92 Å². The van der Waals surface area contributed by atoms with Crippen molar-refractivity contribution in [3.05, 3.63) is 22.7 Å². The third-order valence-corrected chi connectivity index (χ3v) is 4.44. The van der Waals surface area contributed by atoms with Gasteiger partial charge in [0.25, 0.3) is 0 Å². The first kappa shape index (κ1) is 13.7. The van der Waals surface area contributed by atoms with E-state index in [1.807, 2.05) is 18.2 Å². The molecule has 0 saturated heterocycles. The van der Waals surface area contributed by atoms with Crippen LogP contribution in [-0.2, 0) is 0 Å². The zero-order chi connectivity index (χ0) is 13.2. The van der Waals surface area contributed by atoms with Crippen LogP contribution in [0.15, 0.2) is 22.7 Å². The van der Waals surface area contributed by atoms with Gasteiger partial charge < -0.3 is 16.2 Å². The minimum absolute atomic E-state index is 0.158. The fourth-order valence-electron chi connectivity index (χ4n) is 2.56. The fourth-order valence-corrected chi connectivity index (χ4v) is 2.92. The average molecular weight is 313 g/mol. The molecule has 0 radical (unpaired) electrons. The highest BCUT2D eigenvalue weighted by molar-refractivity contribution is 9.10. The van der Waals surface area contributed by atoms with Gasteiger partial charge in [-0.25, -0.2) is 0 Å². The van der Waals surface area contributed by atoms with Crippen molar-refractivity contribution in [3.8, 4) is 0 Å². The molecule has 0 heterocycles. The smallest absolute Gasteiger partial charge is 0.0661 e. The van der Waals surface area contributed by atoms with Crippen molar-refractivity contribution in [1.29, 1.82) is 0 Å². The van der Waals surface area contributed by atoms with Crippen LogP contribution < -0.4 is 11.1 Å². The van der Waals surface area contributed by atoms with E-state index in [0.717, 1.165) is 47.4 Å². The standard InChI is InChI=1S/C14H21BrN2O/c1-10-4-6-14(9-18,7-5-10)17-13-8-11(15)2-3-12(13)16/h2-3,8,10,17-18H,4-7,9,16H2,1H3. The molecule has 1 aliphatic rings. The summed E-state index contributed by atoms with van der Waals surface area (Å²) in [7, 11) is 0. The molecule has 0 atom stereocenters. The predicted molar refractivity (Wildman–Crippen MR) is 79.6 cm³/mol. The van der Waals surface area contributed by atoms with Crippen LogP contribution in [0.4, 0.5) is 11.4 Å². The Morgan fingerprint density at radius 1 is 1.44 bits per heavy atom. The molecule has 18 heavy (non-hydrogen) atoms. The summed E-state index contributed by atoms with van der Waals surface area (Å²) in [5.74, 6) is 0.756. The maximum absolute atomic E-state index is 9.73. The zero-order valence-electron chi connectivity index (χ0n) is 10.7. The molecule has 4 N–H and O–H groups in total. The highest BCUT2D eigenvalue weighted by atomic mass is 79.9. The van der Waals surface area contributed by atoms with E-state index in [4.69, 9.17) is 5.73 Å². The topological polar surface area (TPSA) is 58.3 Å². The Balaban J connectivity index is 2.17. The molecule has 0 aromatic heterocycles. The molecule has 100 valence electrons. The van der Waals surface area contributed by atoms with Crippen LogP contribution in [0.1, 0.15) is 32.6 Å². The summed E-state index contributed by atoms with van der Waals surface area (Å²) < 4.78 is 0.997. The number of nitrogens with one attached hydrogen (secondary N) is 1. The van der Waals surface area contributed by atoms with Crippen molar-refractivity contribution >= 4 is 27.3 Å². The zero-order valence-corrected chi connectivity index (χ0v) is 12.3. The van der Waals surface area contributed by atoms with Gasteiger partial charge in [0.05, 0.1) is 23.5 Å². The van der Waals surface area contributed by atoms with Crippen LogP contribution >= 0.6 is 15.9 Å². The maximum atomic E-state index is 9.73. The van der Waals surface area contributed by atoms with Gasteiger partial charge in [-0.3, -0.25) is 0 Å². The number of hydrogen-bond acceptors (Lipinski definition) is 3. The van der Waals surface area contributed by atoms with E-state index in [1.165, 1.54) is 0 Å². The normalized spacial score (nSPS) is 28.1. The van der Waals surface area contributed by atoms with Crippen LogP contribution in [0.2, 0.25) is 0 Å². The van der Waals surface area contributed by atoms with Crippen LogP contribution in [0.25, 0.3) is 0 Å². The Hall–Kier alpha value is -0.740. The van der Waals surface area contributed by atoms with E-state index in [1.54, 1.807) is 0 Å². The van der Waals surface area contributed by atoms with Crippen LogP contribution in [-0.4, -0.2) is 17.3 Å². The lowest BCUT2D eigenvalue weighted by molar-refractivity contribution is 0.155. The van der Waals surface area contributed by atoms with Gasteiger partial charge in [-0.15, -0.1) is 0 Å². The van der Waals surface area contributed by atoms with Gasteiger partial charge in [0.2, 0.25) is 0 Å². The van der Waals surface area contributed by atoms with E-state index in [0.29, 0.717) is 0 Å². The molecule has 0 unspecified atom stereocenters. The molecule has 0 bridgehead atoms. The minimum atomic E-state index is -0.207. The van der Waals surface area contributed by atoms with Crippen molar-refractivity contribution in [2.45, 2.75) is 38.1 Å². The monoisotopic (exact) mass is 312 g/mol. The van der Waals surface area contributed by atoms with Gasteiger partial charge in [-0.1, -0.05) is 22.9 Å². The summed E-state index contributed by atoms with van der Waals surface area (Å²) in [5, 5.41) is 13.2. The van der Waals surface area contributed by atoms with Crippen LogP contribution in [0.5, 0.6) is 0 Å². The lowest BCUT2D eigenvalue weighted by Gasteiger charge is -2.39. The van der Waals surface area contributed by atoms with Gasteiger partial charge in [0.1, 0.15) is 0 Å². The number of benzene rings is 1. The molecule has 1 aromatic rings. The second-order valence-corrected chi connectivity index (χ2v) is 6.39. The van der Waals surface area contributed by atoms with Gasteiger partial charge in [0, 0.05) is 4.47 Å². The van der Waals surface area contributed by atoms with Gasteiger partial charge >= 0.3 is 0 Å². The van der Waals surface area contributed by atoms with E-state index >= 15 is 0 Å². The first-order valence-corrected chi connectivity index (χ1v) is 7.28. The van der Waals surface area contributed by atoms with Crippen molar-refractivity contribution in [3.63, 3.8) is 0 Å². The highest BCUT2D eigenvalue weighted by Gasteiger charge is 2.33. The molecular weight excluding hydrogens is 292 g/mol. The van der Waals surface area contributed by atoms with Gasteiger partial charge in [-0.2, -0.15) is 0 Å². The molecule has 2 rings (SSSR count). The van der Waals surface area contributed by atoms with E-state index in [2.05, 4.69) is 28.2 Å². The number of anilines is 2. The molecule has 0 spiro atoms. The van der Waals surface area contributed by atoms with Gasteiger partial charge in [0.15, 0.2) is 0 Å². The molecule has 1 aromatic carbocycles. The first-order chi connectivity index (χ1) is 8.54. The highest BCUT2D eigenvalue weighted by Crippen LogP contribution is 2.36. The Morgan fingerprint density at radius 3 is 2.72 bits per heavy atom. The molecule has 0 aliphatic heterocycles. The molecule has 0 amide bonds. The number of nitrogen functional groups attached to an aromatic ring is 1. The summed E-state index contributed by atoms with van der Waals surface area (Å²) in [5.41, 5.74) is 7.41. The Bertz CT molecular complexity index is 414. The molecule has 1 aliphatic carbocycles. The number of hydrogen-bond donors (Lipinski definition) is 3. The average Bonchev–Trinajstić information content (AvgIpc) is 2.37. The van der Waals surface area contributed by atoms with E-state index < -0.39 is 0 Å². The predicted octanol–water partition coefficient (Wildman–Crippen LogP) is 3.38. The summed E-state index contributed by atoms with van der Waals surface area (Å²) in [6.07, 6.45) is 4.30. The van der Waals surface area contributed by atoms with E-state index in [9.17, 15) is 5.11 Å². The van der Waals surface area contributed by atoms with Crippen molar-refractivity contribution in [2.24, 2.45) is 5.92 Å². The summed E-state index contributed by atoms with van der Waals surface area (Å²) in [4.78, 5) is 0.